The Bertz CT molecular complexity index is 409. The van der Waals surface area contributed by atoms with E-state index in [1.807, 2.05) is 0 Å². The van der Waals surface area contributed by atoms with Crippen molar-refractivity contribution in [1.29, 1.82) is 5.26 Å². The van der Waals surface area contributed by atoms with E-state index < -0.39 is 5.97 Å². The molecule has 1 rings (SSSR count). The summed E-state index contributed by atoms with van der Waals surface area (Å²) in [6, 6.07) is 4.15. The molecule has 13 heavy (non-hydrogen) atoms. The Morgan fingerprint density at radius 3 is 2.62 bits per heavy atom. The largest absolute Gasteiger partial charge is 0.507 e. The van der Waals surface area contributed by atoms with Crippen molar-refractivity contribution in [2.24, 2.45) is 0 Å². The Kier molecular flexibility index (Phi) is 2.54. The van der Waals surface area contributed by atoms with Crippen molar-refractivity contribution in [3.8, 4) is 11.8 Å². The van der Waals surface area contributed by atoms with E-state index in [2.05, 4.69) is 15.9 Å². The van der Waals surface area contributed by atoms with Gasteiger partial charge in [0.05, 0.1) is 5.56 Å². The minimum atomic E-state index is -1.24. The summed E-state index contributed by atoms with van der Waals surface area (Å²) in [5.74, 6) is -1.58. The summed E-state index contributed by atoms with van der Waals surface area (Å²) in [7, 11) is 0. The number of rotatable bonds is 1. The minimum Gasteiger partial charge on any atom is -0.507 e. The average Bonchev–Trinajstić information content (AvgIpc) is 2.02. The lowest BCUT2D eigenvalue weighted by Gasteiger charge is -2.01. The van der Waals surface area contributed by atoms with Gasteiger partial charge in [0.15, 0.2) is 0 Å². The summed E-state index contributed by atoms with van der Waals surface area (Å²) < 4.78 is 0.418. The maximum atomic E-state index is 10.6. The number of aromatic hydroxyl groups is 1. The molecular formula is C8H4BrNO3. The number of aromatic carboxylic acids is 1. The van der Waals surface area contributed by atoms with Crippen molar-refractivity contribution < 1.29 is 15.0 Å². The van der Waals surface area contributed by atoms with E-state index in [0.29, 0.717) is 4.47 Å². The van der Waals surface area contributed by atoms with Crippen molar-refractivity contribution in [1.82, 2.24) is 0 Å². The SMILES string of the molecule is N#Cc1c(O)cc(Br)cc1C(=O)O. The molecule has 1 aromatic rings. The van der Waals surface area contributed by atoms with E-state index >= 15 is 0 Å². The molecule has 0 heterocycles. The zero-order valence-corrected chi connectivity index (χ0v) is 7.87. The number of phenols is 1. The van der Waals surface area contributed by atoms with Gasteiger partial charge in [-0.2, -0.15) is 5.26 Å². The number of carboxylic acids is 1. The molecule has 0 saturated heterocycles. The first kappa shape index (κ1) is 9.55. The van der Waals surface area contributed by atoms with E-state index in [-0.39, 0.29) is 16.9 Å². The van der Waals surface area contributed by atoms with Gasteiger partial charge in [0, 0.05) is 4.47 Å². The average molecular weight is 242 g/mol. The van der Waals surface area contributed by atoms with Crippen molar-refractivity contribution in [3.05, 3.63) is 27.7 Å². The first-order chi connectivity index (χ1) is 6.06. The van der Waals surface area contributed by atoms with Gasteiger partial charge in [0.25, 0.3) is 0 Å². The number of hydrogen-bond donors (Lipinski definition) is 2. The van der Waals surface area contributed by atoms with Gasteiger partial charge in [-0.1, -0.05) is 15.9 Å². The van der Waals surface area contributed by atoms with Crippen molar-refractivity contribution in [2.45, 2.75) is 0 Å². The van der Waals surface area contributed by atoms with Gasteiger partial charge >= 0.3 is 5.97 Å². The Hall–Kier alpha value is -1.54. The maximum absolute atomic E-state index is 10.6. The van der Waals surface area contributed by atoms with Crippen LogP contribution < -0.4 is 0 Å². The molecule has 0 amide bonds. The van der Waals surface area contributed by atoms with E-state index in [1.54, 1.807) is 6.07 Å². The van der Waals surface area contributed by atoms with Gasteiger partial charge in [-0.05, 0) is 12.1 Å². The van der Waals surface area contributed by atoms with Crippen LogP contribution in [0, 0.1) is 11.3 Å². The fraction of sp³-hybridized carbons (Fsp3) is 0. The molecule has 5 heteroatoms. The van der Waals surface area contributed by atoms with E-state index in [0.717, 1.165) is 0 Å². The quantitative estimate of drug-likeness (QED) is 0.785. The molecule has 4 nitrogen and oxygen atoms in total. The van der Waals surface area contributed by atoms with E-state index in [9.17, 15) is 9.90 Å². The van der Waals surface area contributed by atoms with Crippen LogP contribution in [0.1, 0.15) is 15.9 Å². The van der Waals surface area contributed by atoms with Crippen LogP contribution in [-0.2, 0) is 0 Å². The number of phenolic OH excluding ortho intramolecular Hbond substituents is 1. The molecule has 0 fully saturated rings. The van der Waals surface area contributed by atoms with Gasteiger partial charge in [-0.3, -0.25) is 0 Å². The molecule has 0 aliphatic rings. The minimum absolute atomic E-state index is 0.214. The smallest absolute Gasteiger partial charge is 0.337 e. The van der Waals surface area contributed by atoms with Crippen LogP contribution in [0.2, 0.25) is 0 Å². The van der Waals surface area contributed by atoms with Crippen molar-refractivity contribution >= 4 is 21.9 Å². The maximum Gasteiger partial charge on any atom is 0.337 e. The van der Waals surface area contributed by atoms with Gasteiger partial charge in [0.1, 0.15) is 17.4 Å². The lowest BCUT2D eigenvalue weighted by Crippen LogP contribution is -2.00. The number of benzene rings is 1. The van der Waals surface area contributed by atoms with Gasteiger partial charge in [-0.25, -0.2) is 4.79 Å². The first-order valence-electron chi connectivity index (χ1n) is 3.22. The Labute approximate surface area is 82.2 Å². The fourth-order valence-corrected chi connectivity index (χ4v) is 1.32. The standard InChI is InChI=1S/C8H4BrNO3/c9-4-1-5(8(12)13)6(3-10)7(11)2-4/h1-2,11H,(H,12,13). The number of nitriles is 1. The van der Waals surface area contributed by atoms with Crippen LogP contribution in [0.5, 0.6) is 5.75 Å². The molecule has 1 aromatic carbocycles. The number of halogens is 1. The summed E-state index contributed by atoms with van der Waals surface area (Å²) in [6.45, 7) is 0. The number of hydrogen-bond acceptors (Lipinski definition) is 3. The second-order valence-electron chi connectivity index (χ2n) is 2.26. The van der Waals surface area contributed by atoms with E-state index in [1.165, 1.54) is 12.1 Å². The lowest BCUT2D eigenvalue weighted by atomic mass is 10.1. The second-order valence-corrected chi connectivity index (χ2v) is 3.18. The number of carboxylic acid groups (broad SMARTS) is 1. The summed E-state index contributed by atoms with van der Waals surface area (Å²) in [5.41, 5.74) is -0.440. The molecule has 0 aliphatic heterocycles. The third kappa shape index (κ3) is 1.79. The van der Waals surface area contributed by atoms with E-state index in [4.69, 9.17) is 10.4 Å². The van der Waals surface area contributed by atoms with Crippen molar-refractivity contribution in [2.75, 3.05) is 0 Å². The highest BCUT2D eigenvalue weighted by Crippen LogP contribution is 2.25. The summed E-state index contributed by atoms with van der Waals surface area (Å²) in [4.78, 5) is 10.6. The molecule has 0 unspecified atom stereocenters. The fourth-order valence-electron chi connectivity index (χ4n) is 0.879. The third-order valence-corrected chi connectivity index (χ3v) is 1.88. The normalized spacial score (nSPS) is 9.23. The summed E-state index contributed by atoms with van der Waals surface area (Å²) in [5, 5.41) is 26.4. The third-order valence-electron chi connectivity index (χ3n) is 1.42. The topological polar surface area (TPSA) is 81.3 Å². The van der Waals surface area contributed by atoms with Crippen LogP contribution in [0.4, 0.5) is 0 Å². The molecule has 0 aromatic heterocycles. The highest BCUT2D eigenvalue weighted by atomic mass is 79.9. The predicted octanol–water partition coefficient (Wildman–Crippen LogP) is 1.72. The second kappa shape index (κ2) is 3.46. The van der Waals surface area contributed by atoms with Crippen LogP contribution >= 0.6 is 15.9 Å². The van der Waals surface area contributed by atoms with Crippen LogP contribution in [-0.4, -0.2) is 16.2 Å². The molecule has 66 valence electrons. The van der Waals surface area contributed by atoms with Crippen LogP contribution in [0.15, 0.2) is 16.6 Å². The van der Waals surface area contributed by atoms with Crippen molar-refractivity contribution in [3.63, 3.8) is 0 Å². The summed E-state index contributed by atoms with van der Waals surface area (Å²) >= 11 is 3.01. The molecule has 0 saturated carbocycles. The molecule has 0 bridgehead atoms. The zero-order valence-electron chi connectivity index (χ0n) is 6.28. The molecule has 0 radical (unpaired) electrons. The monoisotopic (exact) mass is 241 g/mol. The van der Waals surface area contributed by atoms with Crippen LogP contribution in [0.3, 0.4) is 0 Å². The van der Waals surface area contributed by atoms with Gasteiger partial charge in [-0.15, -0.1) is 0 Å². The molecule has 0 spiro atoms. The Morgan fingerprint density at radius 1 is 1.54 bits per heavy atom. The molecule has 2 N–H and O–H groups in total. The Balaban J connectivity index is 3.50. The molecule has 0 aliphatic carbocycles. The molecule has 0 atom stereocenters. The lowest BCUT2D eigenvalue weighted by molar-refractivity contribution is 0.0696. The first-order valence-corrected chi connectivity index (χ1v) is 4.01. The Morgan fingerprint density at radius 2 is 2.15 bits per heavy atom. The summed E-state index contributed by atoms with van der Waals surface area (Å²) in [6.07, 6.45) is 0. The van der Waals surface area contributed by atoms with Gasteiger partial charge < -0.3 is 10.2 Å². The highest BCUT2D eigenvalue weighted by molar-refractivity contribution is 9.10. The predicted molar refractivity (Wildman–Crippen MR) is 47.5 cm³/mol. The van der Waals surface area contributed by atoms with Crippen LogP contribution in [0.25, 0.3) is 0 Å². The zero-order chi connectivity index (χ0) is 10.0. The number of nitrogens with zero attached hydrogens (tertiary/aromatic N) is 1. The van der Waals surface area contributed by atoms with Gasteiger partial charge in [0.2, 0.25) is 0 Å². The highest BCUT2D eigenvalue weighted by Gasteiger charge is 2.14. The molecular weight excluding hydrogens is 238 g/mol. The number of carbonyl (C=O) groups is 1.